The zero-order chi connectivity index (χ0) is 13.3. The van der Waals surface area contributed by atoms with Crippen molar-refractivity contribution in [3.05, 3.63) is 36.9 Å². The molecule has 2 rings (SSSR count). The summed E-state index contributed by atoms with van der Waals surface area (Å²) < 4.78 is 10.8. The van der Waals surface area contributed by atoms with Gasteiger partial charge in [0.2, 0.25) is 5.89 Å². The molecule has 2 heterocycles. The molecule has 0 radical (unpaired) electrons. The fourth-order valence-electron chi connectivity index (χ4n) is 1.95. The molecule has 0 aromatic carbocycles. The summed E-state index contributed by atoms with van der Waals surface area (Å²) in [5.41, 5.74) is 0. The number of aryl methyl sites for hydroxylation is 1. The maximum atomic E-state index is 5.54. The lowest BCUT2D eigenvalue weighted by molar-refractivity contribution is 0.468. The van der Waals surface area contributed by atoms with E-state index in [1.54, 1.807) is 6.26 Å². The van der Waals surface area contributed by atoms with E-state index in [0.29, 0.717) is 17.5 Å². The Hall–Kier alpha value is -1.84. The Bertz CT molecular complexity index is 474. The molecule has 0 saturated carbocycles. The second-order valence-corrected chi connectivity index (χ2v) is 4.57. The molecule has 0 aliphatic heterocycles. The van der Waals surface area contributed by atoms with E-state index < -0.39 is 0 Å². The molecule has 0 fully saturated rings. The van der Waals surface area contributed by atoms with E-state index >= 15 is 0 Å². The number of nitrogens with zero attached hydrogens (tertiary/aromatic N) is 2. The second-order valence-electron chi connectivity index (χ2n) is 4.57. The van der Waals surface area contributed by atoms with E-state index in [9.17, 15) is 0 Å². The third-order valence-corrected chi connectivity index (χ3v) is 3.00. The molecule has 2 aromatic rings. The van der Waals surface area contributed by atoms with Crippen molar-refractivity contribution in [1.29, 1.82) is 0 Å². The van der Waals surface area contributed by atoms with Crippen LogP contribution in [0, 0.1) is 0 Å². The first-order chi connectivity index (χ1) is 9.40. The van der Waals surface area contributed by atoms with Gasteiger partial charge in [-0.2, -0.15) is 0 Å². The smallest absolute Gasteiger partial charge is 0.283 e. The van der Waals surface area contributed by atoms with Gasteiger partial charge in [0.1, 0.15) is 0 Å². The maximum absolute atomic E-state index is 5.54. The summed E-state index contributed by atoms with van der Waals surface area (Å²) in [6.07, 6.45) is 11.6. The Labute approximate surface area is 113 Å². The maximum Gasteiger partial charge on any atom is 0.283 e. The van der Waals surface area contributed by atoms with Crippen LogP contribution in [-0.2, 0) is 6.42 Å². The number of rotatable bonds is 9. The minimum atomic E-state index is 0.464. The molecule has 0 bridgehead atoms. The van der Waals surface area contributed by atoms with Gasteiger partial charge < -0.3 is 8.83 Å². The Morgan fingerprint density at radius 2 is 1.95 bits per heavy atom. The minimum Gasteiger partial charge on any atom is -0.459 e. The van der Waals surface area contributed by atoms with Crippen LogP contribution in [0.25, 0.3) is 11.7 Å². The van der Waals surface area contributed by atoms with Gasteiger partial charge in [-0.3, -0.25) is 0 Å². The molecule has 0 aliphatic rings. The van der Waals surface area contributed by atoms with Gasteiger partial charge in [0.15, 0.2) is 5.76 Å². The molecule has 0 aliphatic carbocycles. The van der Waals surface area contributed by atoms with Gasteiger partial charge in [0.05, 0.1) is 6.26 Å². The van der Waals surface area contributed by atoms with Crippen molar-refractivity contribution in [3.8, 4) is 11.7 Å². The number of furan rings is 1. The highest BCUT2D eigenvalue weighted by atomic mass is 16.4. The first kappa shape index (κ1) is 13.6. The van der Waals surface area contributed by atoms with Gasteiger partial charge in [-0.25, -0.2) is 0 Å². The summed E-state index contributed by atoms with van der Waals surface area (Å²) in [5.74, 6) is 1.78. The average Bonchev–Trinajstić information content (AvgIpc) is 3.08. The first-order valence-corrected chi connectivity index (χ1v) is 6.87. The van der Waals surface area contributed by atoms with Gasteiger partial charge in [0.25, 0.3) is 5.89 Å². The van der Waals surface area contributed by atoms with Gasteiger partial charge in [-0.1, -0.05) is 25.3 Å². The Balaban J connectivity index is 1.65. The van der Waals surface area contributed by atoms with Crippen LogP contribution in [0.5, 0.6) is 0 Å². The van der Waals surface area contributed by atoms with Crippen LogP contribution < -0.4 is 0 Å². The van der Waals surface area contributed by atoms with E-state index in [4.69, 9.17) is 8.83 Å². The summed E-state index contributed by atoms with van der Waals surface area (Å²) in [4.78, 5) is 0. The van der Waals surface area contributed by atoms with Crippen molar-refractivity contribution in [1.82, 2.24) is 10.2 Å². The number of aromatic nitrogens is 2. The molecule has 4 nitrogen and oxygen atoms in total. The second kappa shape index (κ2) is 7.56. The fraction of sp³-hybridized carbons (Fsp3) is 0.467. The van der Waals surface area contributed by atoms with Gasteiger partial charge >= 0.3 is 0 Å². The zero-order valence-electron chi connectivity index (χ0n) is 11.2. The van der Waals surface area contributed by atoms with Crippen molar-refractivity contribution in [3.63, 3.8) is 0 Å². The SMILES string of the molecule is C=CCCCCCCCc1nnc(-c2ccco2)o1. The van der Waals surface area contributed by atoms with Crippen LogP contribution in [0.4, 0.5) is 0 Å². The third-order valence-electron chi connectivity index (χ3n) is 3.00. The van der Waals surface area contributed by atoms with Crippen molar-refractivity contribution in [2.75, 3.05) is 0 Å². The normalized spacial score (nSPS) is 10.7. The highest BCUT2D eigenvalue weighted by molar-refractivity contribution is 5.42. The van der Waals surface area contributed by atoms with Crippen molar-refractivity contribution < 1.29 is 8.83 Å². The Kier molecular flexibility index (Phi) is 5.41. The summed E-state index contributed by atoms with van der Waals surface area (Å²) >= 11 is 0. The highest BCUT2D eigenvalue weighted by Gasteiger charge is 2.10. The molecule has 102 valence electrons. The standard InChI is InChI=1S/C15H20N2O2/c1-2-3-4-5-6-7-8-11-14-16-17-15(19-14)13-10-9-12-18-13/h2,9-10,12H,1,3-8,11H2. The lowest BCUT2D eigenvalue weighted by Crippen LogP contribution is -1.86. The number of allylic oxidation sites excluding steroid dienone is 1. The van der Waals surface area contributed by atoms with Crippen LogP contribution in [0.2, 0.25) is 0 Å². The first-order valence-electron chi connectivity index (χ1n) is 6.87. The molecule has 0 unspecified atom stereocenters. The number of unbranched alkanes of at least 4 members (excludes halogenated alkanes) is 5. The lowest BCUT2D eigenvalue weighted by Gasteiger charge is -1.98. The van der Waals surface area contributed by atoms with Crippen LogP contribution in [0.1, 0.15) is 44.4 Å². The van der Waals surface area contributed by atoms with Gasteiger partial charge in [-0.15, -0.1) is 16.8 Å². The van der Waals surface area contributed by atoms with Gasteiger partial charge in [0, 0.05) is 6.42 Å². The average molecular weight is 260 g/mol. The third kappa shape index (κ3) is 4.39. The molecule has 0 saturated heterocycles. The molecule has 4 heteroatoms. The van der Waals surface area contributed by atoms with Crippen molar-refractivity contribution in [2.45, 2.75) is 44.9 Å². The quantitative estimate of drug-likeness (QED) is 0.495. The predicted molar refractivity (Wildman–Crippen MR) is 73.6 cm³/mol. The fourth-order valence-corrected chi connectivity index (χ4v) is 1.95. The Morgan fingerprint density at radius 1 is 1.11 bits per heavy atom. The topological polar surface area (TPSA) is 52.1 Å². The molecule has 0 amide bonds. The number of hydrogen-bond donors (Lipinski definition) is 0. The molecule has 0 atom stereocenters. The largest absolute Gasteiger partial charge is 0.459 e. The molecule has 0 N–H and O–H groups in total. The molecular formula is C15H20N2O2. The summed E-state index contributed by atoms with van der Waals surface area (Å²) in [6.45, 7) is 3.72. The molecule has 0 spiro atoms. The summed E-state index contributed by atoms with van der Waals surface area (Å²) in [5, 5.41) is 8.01. The number of hydrogen-bond acceptors (Lipinski definition) is 4. The van der Waals surface area contributed by atoms with E-state index in [1.807, 2.05) is 18.2 Å². The van der Waals surface area contributed by atoms with Crippen LogP contribution in [-0.4, -0.2) is 10.2 Å². The van der Waals surface area contributed by atoms with E-state index in [0.717, 1.165) is 19.3 Å². The summed E-state index contributed by atoms with van der Waals surface area (Å²) in [6, 6.07) is 3.62. The van der Waals surface area contributed by atoms with Crippen molar-refractivity contribution >= 4 is 0 Å². The van der Waals surface area contributed by atoms with Crippen LogP contribution >= 0.6 is 0 Å². The van der Waals surface area contributed by atoms with E-state index in [1.165, 1.54) is 25.7 Å². The molecule has 19 heavy (non-hydrogen) atoms. The molecular weight excluding hydrogens is 240 g/mol. The van der Waals surface area contributed by atoms with Gasteiger partial charge in [-0.05, 0) is 31.4 Å². The predicted octanol–water partition coefficient (Wildman–Crippen LogP) is 4.40. The Morgan fingerprint density at radius 3 is 2.74 bits per heavy atom. The minimum absolute atomic E-state index is 0.464. The molecule has 2 aromatic heterocycles. The monoisotopic (exact) mass is 260 g/mol. The van der Waals surface area contributed by atoms with E-state index in [2.05, 4.69) is 16.8 Å². The highest BCUT2D eigenvalue weighted by Crippen LogP contribution is 2.18. The van der Waals surface area contributed by atoms with Crippen molar-refractivity contribution in [2.24, 2.45) is 0 Å². The lowest BCUT2D eigenvalue weighted by atomic mass is 10.1. The van der Waals surface area contributed by atoms with Crippen LogP contribution in [0.3, 0.4) is 0 Å². The zero-order valence-corrected chi connectivity index (χ0v) is 11.2. The van der Waals surface area contributed by atoms with Crippen LogP contribution in [0.15, 0.2) is 39.9 Å². The van der Waals surface area contributed by atoms with E-state index in [-0.39, 0.29) is 0 Å². The summed E-state index contributed by atoms with van der Waals surface area (Å²) in [7, 11) is 0.